The first-order valence-corrected chi connectivity index (χ1v) is 6.57. The Morgan fingerprint density at radius 3 is 3.06 bits per heavy atom. The summed E-state index contributed by atoms with van der Waals surface area (Å²) < 4.78 is 11.2. The van der Waals surface area contributed by atoms with Crippen molar-refractivity contribution >= 4 is 5.69 Å². The molecule has 2 rings (SSSR count). The molecule has 2 N–H and O–H groups in total. The van der Waals surface area contributed by atoms with E-state index in [-0.39, 0.29) is 0 Å². The van der Waals surface area contributed by atoms with Gasteiger partial charge in [0.15, 0.2) is 0 Å². The number of hydrogen-bond acceptors (Lipinski definition) is 4. The van der Waals surface area contributed by atoms with Crippen LogP contribution in [0.25, 0.3) is 0 Å². The van der Waals surface area contributed by atoms with Gasteiger partial charge in [0.05, 0.1) is 25.0 Å². The topological polar surface area (TPSA) is 47.7 Å². The molecule has 0 spiro atoms. The lowest BCUT2D eigenvalue weighted by Crippen LogP contribution is -2.41. The summed E-state index contributed by atoms with van der Waals surface area (Å²) in [6.07, 6.45) is 1.37. The SMILES string of the molecule is CC1CN(CCCOc2ccccc2N)CCO1. The van der Waals surface area contributed by atoms with Crippen molar-refractivity contribution in [2.45, 2.75) is 19.4 Å². The molecule has 18 heavy (non-hydrogen) atoms. The second-order valence-electron chi connectivity index (χ2n) is 4.72. The van der Waals surface area contributed by atoms with E-state index in [4.69, 9.17) is 15.2 Å². The molecule has 1 atom stereocenters. The lowest BCUT2D eigenvalue weighted by molar-refractivity contribution is -0.0193. The van der Waals surface area contributed by atoms with Gasteiger partial charge in [0.1, 0.15) is 5.75 Å². The molecule has 1 aliphatic rings. The summed E-state index contributed by atoms with van der Waals surface area (Å²) in [4.78, 5) is 2.42. The number of benzene rings is 1. The smallest absolute Gasteiger partial charge is 0.142 e. The van der Waals surface area contributed by atoms with Gasteiger partial charge in [-0.15, -0.1) is 0 Å². The second-order valence-corrected chi connectivity index (χ2v) is 4.72. The summed E-state index contributed by atoms with van der Waals surface area (Å²) in [7, 11) is 0. The van der Waals surface area contributed by atoms with Crippen LogP contribution >= 0.6 is 0 Å². The molecule has 0 aromatic heterocycles. The summed E-state index contributed by atoms with van der Waals surface area (Å²) in [5.74, 6) is 0.785. The quantitative estimate of drug-likeness (QED) is 0.639. The third-order valence-corrected chi connectivity index (χ3v) is 3.12. The van der Waals surface area contributed by atoms with Gasteiger partial charge in [-0.25, -0.2) is 0 Å². The lowest BCUT2D eigenvalue weighted by Gasteiger charge is -2.30. The van der Waals surface area contributed by atoms with Gasteiger partial charge in [-0.3, -0.25) is 4.90 Å². The minimum Gasteiger partial charge on any atom is -0.491 e. The van der Waals surface area contributed by atoms with E-state index in [1.165, 1.54) is 0 Å². The third-order valence-electron chi connectivity index (χ3n) is 3.12. The van der Waals surface area contributed by atoms with Crippen LogP contribution < -0.4 is 10.5 Å². The number of rotatable bonds is 5. The first-order chi connectivity index (χ1) is 8.75. The van der Waals surface area contributed by atoms with Crippen LogP contribution in [0.1, 0.15) is 13.3 Å². The van der Waals surface area contributed by atoms with Crippen molar-refractivity contribution in [2.75, 3.05) is 38.6 Å². The van der Waals surface area contributed by atoms with Crippen LogP contribution in [-0.4, -0.2) is 43.9 Å². The Morgan fingerprint density at radius 2 is 2.28 bits per heavy atom. The Balaban J connectivity index is 1.65. The fourth-order valence-corrected chi connectivity index (χ4v) is 2.18. The van der Waals surface area contributed by atoms with Gasteiger partial charge in [-0.2, -0.15) is 0 Å². The van der Waals surface area contributed by atoms with Crippen molar-refractivity contribution in [2.24, 2.45) is 0 Å². The average Bonchev–Trinajstić information content (AvgIpc) is 2.37. The Kier molecular flexibility index (Phi) is 4.84. The molecule has 1 aliphatic heterocycles. The molecular weight excluding hydrogens is 228 g/mol. The number of morpholine rings is 1. The van der Waals surface area contributed by atoms with E-state index in [0.717, 1.165) is 38.4 Å². The van der Waals surface area contributed by atoms with Gasteiger partial charge in [0, 0.05) is 19.6 Å². The average molecular weight is 250 g/mol. The van der Waals surface area contributed by atoms with Crippen LogP contribution in [0.15, 0.2) is 24.3 Å². The maximum atomic E-state index is 5.81. The molecule has 0 aliphatic carbocycles. The number of ether oxygens (including phenoxy) is 2. The maximum absolute atomic E-state index is 5.81. The maximum Gasteiger partial charge on any atom is 0.142 e. The van der Waals surface area contributed by atoms with Crippen molar-refractivity contribution in [1.29, 1.82) is 0 Å². The summed E-state index contributed by atoms with van der Waals surface area (Å²) in [5, 5.41) is 0. The number of anilines is 1. The molecule has 1 heterocycles. The van der Waals surface area contributed by atoms with Crippen LogP contribution in [0.4, 0.5) is 5.69 Å². The highest BCUT2D eigenvalue weighted by Crippen LogP contribution is 2.19. The van der Waals surface area contributed by atoms with E-state index in [1.807, 2.05) is 24.3 Å². The molecule has 1 unspecified atom stereocenters. The molecule has 1 aromatic rings. The molecule has 1 saturated heterocycles. The zero-order valence-corrected chi connectivity index (χ0v) is 11.0. The van der Waals surface area contributed by atoms with E-state index in [9.17, 15) is 0 Å². The molecule has 0 radical (unpaired) electrons. The van der Waals surface area contributed by atoms with Gasteiger partial charge in [0.25, 0.3) is 0 Å². The van der Waals surface area contributed by atoms with Gasteiger partial charge >= 0.3 is 0 Å². The summed E-state index contributed by atoms with van der Waals surface area (Å²) >= 11 is 0. The molecule has 0 bridgehead atoms. The summed E-state index contributed by atoms with van der Waals surface area (Å²) in [6, 6.07) is 7.62. The van der Waals surface area contributed by atoms with Crippen molar-refractivity contribution < 1.29 is 9.47 Å². The molecule has 4 heteroatoms. The zero-order chi connectivity index (χ0) is 12.8. The van der Waals surface area contributed by atoms with Crippen molar-refractivity contribution in [3.8, 4) is 5.75 Å². The fourth-order valence-electron chi connectivity index (χ4n) is 2.18. The Bertz CT molecular complexity index is 371. The number of para-hydroxylation sites is 2. The van der Waals surface area contributed by atoms with E-state index in [2.05, 4.69) is 11.8 Å². The lowest BCUT2D eigenvalue weighted by atomic mass is 10.3. The molecule has 0 amide bonds. The largest absolute Gasteiger partial charge is 0.491 e. The van der Waals surface area contributed by atoms with Crippen molar-refractivity contribution in [3.63, 3.8) is 0 Å². The zero-order valence-electron chi connectivity index (χ0n) is 11.0. The normalized spacial score (nSPS) is 20.8. The molecule has 1 fully saturated rings. The van der Waals surface area contributed by atoms with Crippen LogP contribution in [0.5, 0.6) is 5.75 Å². The van der Waals surface area contributed by atoms with E-state index in [0.29, 0.717) is 18.4 Å². The Hall–Kier alpha value is -1.26. The number of nitrogens with zero attached hydrogens (tertiary/aromatic N) is 1. The minimum absolute atomic E-state index is 0.351. The predicted octanol–water partition coefficient (Wildman–Crippen LogP) is 1.76. The van der Waals surface area contributed by atoms with E-state index in [1.54, 1.807) is 0 Å². The second kappa shape index (κ2) is 6.61. The fraction of sp³-hybridized carbons (Fsp3) is 0.571. The van der Waals surface area contributed by atoms with Crippen LogP contribution in [0.2, 0.25) is 0 Å². The van der Waals surface area contributed by atoms with Crippen LogP contribution in [-0.2, 0) is 4.74 Å². The molecular formula is C14H22N2O2. The summed E-state index contributed by atoms with van der Waals surface area (Å²) in [5.41, 5.74) is 6.52. The monoisotopic (exact) mass is 250 g/mol. The number of nitrogen functional groups attached to an aromatic ring is 1. The minimum atomic E-state index is 0.351. The van der Waals surface area contributed by atoms with Gasteiger partial charge in [-0.1, -0.05) is 12.1 Å². The van der Waals surface area contributed by atoms with Crippen molar-refractivity contribution in [1.82, 2.24) is 4.90 Å². The highest BCUT2D eigenvalue weighted by atomic mass is 16.5. The predicted molar refractivity (Wildman–Crippen MR) is 72.8 cm³/mol. The number of nitrogens with two attached hydrogens (primary N) is 1. The summed E-state index contributed by atoms with van der Waals surface area (Å²) in [6.45, 7) is 6.77. The Morgan fingerprint density at radius 1 is 1.44 bits per heavy atom. The molecule has 1 aromatic carbocycles. The third kappa shape index (κ3) is 3.89. The highest BCUT2D eigenvalue weighted by molar-refractivity contribution is 5.51. The first-order valence-electron chi connectivity index (χ1n) is 6.57. The van der Waals surface area contributed by atoms with Crippen molar-refractivity contribution in [3.05, 3.63) is 24.3 Å². The van der Waals surface area contributed by atoms with Gasteiger partial charge in [-0.05, 0) is 25.5 Å². The van der Waals surface area contributed by atoms with E-state index < -0.39 is 0 Å². The van der Waals surface area contributed by atoms with E-state index >= 15 is 0 Å². The number of hydrogen-bond donors (Lipinski definition) is 1. The first kappa shape index (κ1) is 13.2. The Labute approximate surface area is 109 Å². The van der Waals surface area contributed by atoms with Gasteiger partial charge in [0.2, 0.25) is 0 Å². The molecule has 0 saturated carbocycles. The van der Waals surface area contributed by atoms with Crippen LogP contribution in [0.3, 0.4) is 0 Å². The molecule has 4 nitrogen and oxygen atoms in total. The standard InChI is InChI=1S/C14H22N2O2/c1-12-11-16(8-10-17-12)7-4-9-18-14-6-3-2-5-13(14)15/h2-3,5-6,12H,4,7-11,15H2,1H3. The van der Waals surface area contributed by atoms with Crippen LogP contribution in [0, 0.1) is 0 Å². The molecule has 100 valence electrons. The highest BCUT2D eigenvalue weighted by Gasteiger charge is 2.15. The van der Waals surface area contributed by atoms with Gasteiger partial charge < -0.3 is 15.2 Å².